The summed E-state index contributed by atoms with van der Waals surface area (Å²) in [5.41, 5.74) is 2.06. The summed E-state index contributed by atoms with van der Waals surface area (Å²) in [6.45, 7) is 3.16. The summed E-state index contributed by atoms with van der Waals surface area (Å²) in [5, 5.41) is 11.8. The molecule has 0 bridgehead atoms. The lowest BCUT2D eigenvalue weighted by atomic mass is 10.1. The first-order valence-electron chi connectivity index (χ1n) is 8.78. The van der Waals surface area contributed by atoms with E-state index in [0.717, 1.165) is 26.1 Å². The lowest BCUT2D eigenvalue weighted by molar-refractivity contribution is 0.0662. The Morgan fingerprint density at radius 3 is 2.85 bits per heavy atom. The van der Waals surface area contributed by atoms with Crippen LogP contribution in [0.15, 0.2) is 41.2 Å². The third kappa shape index (κ3) is 3.61. The Hall–Kier alpha value is -2.64. The highest BCUT2D eigenvalue weighted by atomic mass is 35.5. The van der Waals surface area contributed by atoms with Crippen LogP contribution >= 0.6 is 11.6 Å². The molecule has 0 unspecified atom stereocenters. The predicted octanol–water partition coefficient (Wildman–Crippen LogP) is 4.10. The summed E-state index contributed by atoms with van der Waals surface area (Å²) < 4.78 is 12.5. The maximum absolute atomic E-state index is 12.9. The van der Waals surface area contributed by atoms with Crippen molar-refractivity contribution < 1.29 is 14.1 Å². The van der Waals surface area contributed by atoms with E-state index in [2.05, 4.69) is 15.6 Å². The number of aromatic nitrogens is 3. The SMILES string of the molecule is Cc1onc(-c2ccccc2Cl)c1C(=O)Nc1cnn(C2CCOCC2)c1. The Morgan fingerprint density at radius 2 is 2.07 bits per heavy atom. The van der Waals surface area contributed by atoms with Gasteiger partial charge in [-0.2, -0.15) is 5.10 Å². The van der Waals surface area contributed by atoms with Gasteiger partial charge in [-0.25, -0.2) is 0 Å². The number of rotatable bonds is 4. The molecule has 1 amide bonds. The van der Waals surface area contributed by atoms with Gasteiger partial charge >= 0.3 is 0 Å². The average molecular weight is 387 g/mol. The maximum atomic E-state index is 12.9. The molecule has 0 saturated carbocycles. The summed E-state index contributed by atoms with van der Waals surface area (Å²) >= 11 is 6.26. The zero-order valence-electron chi connectivity index (χ0n) is 14.8. The van der Waals surface area contributed by atoms with Crippen LogP contribution in [0.3, 0.4) is 0 Å². The van der Waals surface area contributed by atoms with E-state index in [4.69, 9.17) is 20.9 Å². The molecule has 0 radical (unpaired) electrons. The Kier molecular flexibility index (Phi) is 4.96. The number of hydrogen-bond donors (Lipinski definition) is 1. The van der Waals surface area contributed by atoms with Crippen LogP contribution < -0.4 is 5.32 Å². The van der Waals surface area contributed by atoms with Crippen molar-refractivity contribution >= 4 is 23.2 Å². The molecule has 0 atom stereocenters. The van der Waals surface area contributed by atoms with Gasteiger partial charge < -0.3 is 14.6 Å². The molecule has 2 aromatic heterocycles. The van der Waals surface area contributed by atoms with Gasteiger partial charge in [0.2, 0.25) is 0 Å². The van der Waals surface area contributed by atoms with Gasteiger partial charge in [-0.3, -0.25) is 9.48 Å². The minimum atomic E-state index is -0.310. The van der Waals surface area contributed by atoms with E-state index < -0.39 is 0 Å². The number of hydrogen-bond acceptors (Lipinski definition) is 5. The second-order valence-electron chi connectivity index (χ2n) is 6.45. The number of benzene rings is 1. The van der Waals surface area contributed by atoms with Crippen molar-refractivity contribution in [3.8, 4) is 11.3 Å². The molecule has 1 aliphatic rings. The number of nitrogens with one attached hydrogen (secondary N) is 1. The van der Waals surface area contributed by atoms with Crippen LogP contribution in [-0.4, -0.2) is 34.1 Å². The van der Waals surface area contributed by atoms with Crippen LogP contribution in [-0.2, 0) is 4.74 Å². The molecule has 0 spiro atoms. The van der Waals surface area contributed by atoms with E-state index in [-0.39, 0.29) is 5.91 Å². The van der Waals surface area contributed by atoms with Crippen molar-refractivity contribution in [3.05, 3.63) is 53.0 Å². The van der Waals surface area contributed by atoms with E-state index in [1.54, 1.807) is 25.3 Å². The van der Waals surface area contributed by atoms with Gasteiger partial charge in [0.05, 0.1) is 22.9 Å². The number of amides is 1. The first kappa shape index (κ1) is 17.8. The van der Waals surface area contributed by atoms with Gasteiger partial charge in [0, 0.05) is 25.0 Å². The Morgan fingerprint density at radius 1 is 1.30 bits per heavy atom. The predicted molar refractivity (Wildman–Crippen MR) is 101 cm³/mol. The molecule has 3 heterocycles. The number of aryl methyl sites for hydroxylation is 1. The highest BCUT2D eigenvalue weighted by molar-refractivity contribution is 6.33. The van der Waals surface area contributed by atoms with Gasteiger partial charge in [-0.1, -0.05) is 35.0 Å². The normalized spacial score (nSPS) is 15.0. The molecule has 4 rings (SSSR count). The zero-order chi connectivity index (χ0) is 18.8. The molecule has 1 aliphatic heterocycles. The molecule has 1 aromatic carbocycles. The minimum Gasteiger partial charge on any atom is -0.381 e. The molecular weight excluding hydrogens is 368 g/mol. The fraction of sp³-hybridized carbons (Fsp3) is 0.316. The first-order chi connectivity index (χ1) is 13.1. The van der Waals surface area contributed by atoms with E-state index in [0.29, 0.717) is 39.3 Å². The standard InChI is InChI=1S/C19H19ClN4O3/c1-12-17(18(23-27-12)15-4-2-3-5-16(15)20)19(25)22-13-10-21-24(11-13)14-6-8-26-9-7-14/h2-5,10-11,14H,6-9H2,1H3,(H,22,25). The van der Waals surface area contributed by atoms with Crippen LogP contribution in [0.2, 0.25) is 5.02 Å². The van der Waals surface area contributed by atoms with Crippen molar-refractivity contribution in [2.24, 2.45) is 0 Å². The first-order valence-corrected chi connectivity index (χ1v) is 9.15. The Bertz CT molecular complexity index is 960. The summed E-state index contributed by atoms with van der Waals surface area (Å²) in [6, 6.07) is 7.51. The molecule has 3 aromatic rings. The summed E-state index contributed by atoms with van der Waals surface area (Å²) in [5.74, 6) is 0.120. The molecule has 27 heavy (non-hydrogen) atoms. The molecule has 8 heteroatoms. The van der Waals surface area contributed by atoms with Crippen molar-refractivity contribution in [1.82, 2.24) is 14.9 Å². The number of ether oxygens (including phenoxy) is 1. The highest BCUT2D eigenvalue weighted by Crippen LogP contribution is 2.31. The van der Waals surface area contributed by atoms with Gasteiger partial charge in [0.15, 0.2) is 0 Å². The maximum Gasteiger partial charge on any atom is 0.261 e. The van der Waals surface area contributed by atoms with Gasteiger partial charge in [-0.05, 0) is 25.8 Å². The van der Waals surface area contributed by atoms with Crippen LogP contribution in [0.4, 0.5) is 5.69 Å². The van der Waals surface area contributed by atoms with Crippen LogP contribution in [0, 0.1) is 6.92 Å². The molecule has 7 nitrogen and oxygen atoms in total. The number of anilines is 1. The lowest BCUT2D eigenvalue weighted by Gasteiger charge is -2.22. The quantitative estimate of drug-likeness (QED) is 0.729. The number of nitrogens with zero attached hydrogens (tertiary/aromatic N) is 3. The van der Waals surface area contributed by atoms with Crippen LogP contribution in [0.25, 0.3) is 11.3 Å². The van der Waals surface area contributed by atoms with Gasteiger partial charge in [0.25, 0.3) is 5.91 Å². The topological polar surface area (TPSA) is 82.2 Å². The largest absolute Gasteiger partial charge is 0.381 e. The zero-order valence-corrected chi connectivity index (χ0v) is 15.6. The second kappa shape index (κ2) is 7.54. The average Bonchev–Trinajstić information content (AvgIpc) is 3.29. The van der Waals surface area contributed by atoms with E-state index in [1.165, 1.54) is 0 Å². The summed E-state index contributed by atoms with van der Waals surface area (Å²) in [4.78, 5) is 12.9. The van der Waals surface area contributed by atoms with Crippen molar-refractivity contribution in [1.29, 1.82) is 0 Å². The van der Waals surface area contributed by atoms with E-state index in [9.17, 15) is 4.79 Å². The van der Waals surface area contributed by atoms with Crippen LogP contribution in [0.1, 0.15) is 35.0 Å². The second-order valence-corrected chi connectivity index (χ2v) is 6.86. The van der Waals surface area contributed by atoms with Crippen molar-refractivity contribution in [3.63, 3.8) is 0 Å². The van der Waals surface area contributed by atoms with Crippen molar-refractivity contribution in [2.75, 3.05) is 18.5 Å². The molecule has 1 N–H and O–H groups in total. The number of carbonyl (C=O) groups excluding carboxylic acids is 1. The van der Waals surface area contributed by atoms with Gasteiger partial charge in [0.1, 0.15) is 17.0 Å². The molecule has 1 saturated heterocycles. The molecule has 1 fully saturated rings. The highest BCUT2D eigenvalue weighted by Gasteiger charge is 2.24. The third-order valence-electron chi connectivity index (χ3n) is 4.64. The smallest absolute Gasteiger partial charge is 0.261 e. The summed E-state index contributed by atoms with van der Waals surface area (Å²) in [6.07, 6.45) is 5.31. The fourth-order valence-electron chi connectivity index (χ4n) is 3.22. The molecule has 0 aliphatic carbocycles. The van der Waals surface area contributed by atoms with Crippen molar-refractivity contribution in [2.45, 2.75) is 25.8 Å². The Balaban J connectivity index is 1.57. The fourth-order valence-corrected chi connectivity index (χ4v) is 3.45. The summed E-state index contributed by atoms with van der Waals surface area (Å²) in [7, 11) is 0. The van der Waals surface area contributed by atoms with Gasteiger partial charge in [-0.15, -0.1) is 0 Å². The molecular formula is C19H19ClN4O3. The van der Waals surface area contributed by atoms with E-state index >= 15 is 0 Å². The monoisotopic (exact) mass is 386 g/mol. The van der Waals surface area contributed by atoms with Crippen LogP contribution in [0.5, 0.6) is 0 Å². The Labute approximate surface area is 161 Å². The molecule has 140 valence electrons. The minimum absolute atomic E-state index is 0.292. The van der Waals surface area contributed by atoms with E-state index in [1.807, 2.05) is 23.0 Å². The lowest BCUT2D eigenvalue weighted by Crippen LogP contribution is -2.19. The number of halogens is 1. The third-order valence-corrected chi connectivity index (χ3v) is 4.97. The number of carbonyl (C=O) groups is 1.